The molecule has 0 aliphatic heterocycles. The molecule has 5 heteroatoms. The SMILES string of the molecule is CCCCOc1ccc2c(c1)nc(Nc1ccc(OC(C)C)cc1)n2[C@@H]1C[C@H](C)CC(C)(C)C1. The van der Waals surface area contributed by atoms with Gasteiger partial charge in [0.05, 0.1) is 23.7 Å². The van der Waals surface area contributed by atoms with Crippen molar-refractivity contribution in [3.63, 3.8) is 0 Å². The summed E-state index contributed by atoms with van der Waals surface area (Å²) in [7, 11) is 0. The molecule has 0 spiro atoms. The van der Waals surface area contributed by atoms with E-state index in [1.807, 2.05) is 26.0 Å². The molecule has 1 aliphatic carbocycles. The number of hydrogen-bond acceptors (Lipinski definition) is 4. The fourth-order valence-electron chi connectivity index (χ4n) is 5.47. The zero-order chi connectivity index (χ0) is 24.3. The molecule has 0 bridgehead atoms. The molecule has 184 valence electrons. The fourth-order valence-corrected chi connectivity index (χ4v) is 5.47. The molecular weight excluding hydrogens is 422 g/mol. The minimum Gasteiger partial charge on any atom is -0.494 e. The number of imidazole rings is 1. The number of nitrogens with one attached hydrogen (secondary N) is 1. The van der Waals surface area contributed by atoms with E-state index in [9.17, 15) is 0 Å². The standard InChI is InChI=1S/C29H41N3O2/c1-7-8-15-33-25-13-14-27-26(17-25)31-28(30-22-9-11-24(12-10-22)34-20(2)3)32(27)23-16-21(4)18-29(5,6)19-23/h9-14,17,20-21,23H,7-8,15-16,18-19H2,1-6H3,(H,30,31)/t21-,23+/m0/s1. The van der Waals surface area contributed by atoms with E-state index >= 15 is 0 Å². The van der Waals surface area contributed by atoms with Gasteiger partial charge in [0.25, 0.3) is 0 Å². The van der Waals surface area contributed by atoms with Gasteiger partial charge in [-0.2, -0.15) is 0 Å². The summed E-state index contributed by atoms with van der Waals surface area (Å²) in [5, 5.41) is 3.61. The third kappa shape index (κ3) is 5.86. The highest BCUT2D eigenvalue weighted by molar-refractivity contribution is 5.81. The Bertz CT molecular complexity index is 1080. The van der Waals surface area contributed by atoms with Crippen LogP contribution in [0.4, 0.5) is 11.6 Å². The summed E-state index contributed by atoms with van der Waals surface area (Å²) in [6.07, 6.45) is 5.93. The van der Waals surface area contributed by atoms with Gasteiger partial charge in [-0.1, -0.05) is 34.1 Å². The Kier molecular flexibility index (Phi) is 7.39. The second kappa shape index (κ2) is 10.3. The largest absolute Gasteiger partial charge is 0.494 e. The van der Waals surface area contributed by atoms with E-state index in [1.165, 1.54) is 18.4 Å². The van der Waals surface area contributed by atoms with Gasteiger partial charge in [-0.25, -0.2) is 4.98 Å². The van der Waals surface area contributed by atoms with E-state index in [-0.39, 0.29) is 6.10 Å². The molecule has 1 aliphatic rings. The van der Waals surface area contributed by atoms with Crippen molar-refractivity contribution in [3.8, 4) is 11.5 Å². The van der Waals surface area contributed by atoms with Crippen LogP contribution in [0, 0.1) is 11.3 Å². The van der Waals surface area contributed by atoms with Crippen molar-refractivity contribution >= 4 is 22.7 Å². The number of aromatic nitrogens is 2. The summed E-state index contributed by atoms with van der Waals surface area (Å²) in [5.41, 5.74) is 3.47. The lowest BCUT2D eigenvalue weighted by Crippen LogP contribution is -2.29. The molecule has 0 saturated heterocycles. The Hall–Kier alpha value is -2.69. The van der Waals surface area contributed by atoms with Crippen molar-refractivity contribution in [2.24, 2.45) is 11.3 Å². The Morgan fingerprint density at radius 3 is 2.50 bits per heavy atom. The van der Waals surface area contributed by atoms with Crippen LogP contribution in [0.3, 0.4) is 0 Å². The Balaban J connectivity index is 1.69. The smallest absolute Gasteiger partial charge is 0.208 e. The maximum Gasteiger partial charge on any atom is 0.208 e. The highest BCUT2D eigenvalue weighted by atomic mass is 16.5. The van der Waals surface area contributed by atoms with E-state index < -0.39 is 0 Å². The number of unbranched alkanes of at least 4 members (excludes halogenated alkanes) is 1. The molecule has 1 fully saturated rings. The molecule has 0 unspecified atom stereocenters. The Morgan fingerprint density at radius 2 is 1.82 bits per heavy atom. The number of hydrogen-bond donors (Lipinski definition) is 1. The molecule has 4 rings (SSSR count). The fraction of sp³-hybridized carbons (Fsp3) is 0.552. The average Bonchev–Trinajstić information content (AvgIpc) is 3.10. The summed E-state index contributed by atoms with van der Waals surface area (Å²) < 4.78 is 14.2. The summed E-state index contributed by atoms with van der Waals surface area (Å²) in [4.78, 5) is 5.06. The maximum absolute atomic E-state index is 5.98. The molecule has 34 heavy (non-hydrogen) atoms. The van der Waals surface area contributed by atoms with Gasteiger partial charge in [-0.05, 0) is 87.3 Å². The lowest BCUT2D eigenvalue weighted by molar-refractivity contribution is 0.140. The number of anilines is 2. The quantitative estimate of drug-likeness (QED) is 0.325. The zero-order valence-electron chi connectivity index (χ0n) is 21.7. The van der Waals surface area contributed by atoms with Crippen LogP contribution in [0.1, 0.15) is 79.7 Å². The predicted molar refractivity (Wildman–Crippen MR) is 141 cm³/mol. The molecule has 0 radical (unpaired) electrons. The van der Waals surface area contributed by atoms with Crippen LogP contribution in [0.15, 0.2) is 42.5 Å². The number of ether oxygens (including phenoxy) is 2. The van der Waals surface area contributed by atoms with E-state index in [1.54, 1.807) is 0 Å². The minimum absolute atomic E-state index is 0.161. The molecule has 1 heterocycles. The lowest BCUT2D eigenvalue weighted by atomic mass is 9.70. The molecule has 1 aromatic heterocycles. The number of fused-ring (bicyclic) bond motifs is 1. The first-order valence-electron chi connectivity index (χ1n) is 12.9. The monoisotopic (exact) mass is 463 g/mol. The van der Waals surface area contributed by atoms with Gasteiger partial charge < -0.3 is 19.4 Å². The summed E-state index contributed by atoms with van der Waals surface area (Å²) in [6, 6.07) is 14.9. The average molecular weight is 464 g/mol. The van der Waals surface area contributed by atoms with Crippen LogP contribution in [0.5, 0.6) is 11.5 Å². The molecule has 2 aromatic carbocycles. The van der Waals surface area contributed by atoms with Gasteiger partial charge in [-0.15, -0.1) is 0 Å². The van der Waals surface area contributed by atoms with Crippen LogP contribution in [-0.4, -0.2) is 22.3 Å². The normalized spacial score (nSPS) is 20.0. The third-order valence-corrected chi connectivity index (χ3v) is 6.64. The van der Waals surface area contributed by atoms with Crippen molar-refractivity contribution in [3.05, 3.63) is 42.5 Å². The van der Waals surface area contributed by atoms with Gasteiger partial charge in [0.15, 0.2) is 0 Å². The molecule has 3 aromatic rings. The minimum atomic E-state index is 0.161. The van der Waals surface area contributed by atoms with Crippen molar-refractivity contribution in [1.82, 2.24) is 9.55 Å². The summed E-state index contributed by atoms with van der Waals surface area (Å²) >= 11 is 0. The van der Waals surface area contributed by atoms with Crippen molar-refractivity contribution in [2.75, 3.05) is 11.9 Å². The number of nitrogens with zero attached hydrogens (tertiary/aromatic N) is 2. The number of rotatable bonds is 9. The predicted octanol–water partition coefficient (Wildman–Crippen LogP) is 8.13. The highest BCUT2D eigenvalue weighted by Gasteiger charge is 2.34. The van der Waals surface area contributed by atoms with Gasteiger partial charge in [-0.3, -0.25) is 0 Å². The van der Waals surface area contributed by atoms with E-state index in [0.717, 1.165) is 54.5 Å². The molecule has 1 saturated carbocycles. The van der Waals surface area contributed by atoms with Gasteiger partial charge in [0, 0.05) is 17.8 Å². The van der Waals surface area contributed by atoms with Crippen LogP contribution < -0.4 is 14.8 Å². The summed E-state index contributed by atoms with van der Waals surface area (Å²) in [5.74, 6) is 3.35. The first-order valence-corrected chi connectivity index (χ1v) is 12.9. The molecular formula is C29H41N3O2. The topological polar surface area (TPSA) is 48.3 Å². The second-order valence-electron chi connectivity index (χ2n) is 11.0. The summed E-state index contributed by atoms with van der Waals surface area (Å²) in [6.45, 7) is 14.2. The molecule has 2 atom stereocenters. The van der Waals surface area contributed by atoms with Crippen molar-refractivity contribution < 1.29 is 9.47 Å². The molecule has 5 nitrogen and oxygen atoms in total. The third-order valence-electron chi connectivity index (χ3n) is 6.64. The van der Waals surface area contributed by atoms with Gasteiger partial charge >= 0.3 is 0 Å². The van der Waals surface area contributed by atoms with E-state index in [0.29, 0.717) is 17.4 Å². The lowest BCUT2D eigenvalue weighted by Gasteiger charge is -2.40. The van der Waals surface area contributed by atoms with Crippen molar-refractivity contribution in [1.29, 1.82) is 0 Å². The molecule has 1 N–H and O–H groups in total. The zero-order valence-corrected chi connectivity index (χ0v) is 21.7. The first kappa shape index (κ1) is 24.4. The Labute approximate surface area is 204 Å². The highest BCUT2D eigenvalue weighted by Crippen LogP contribution is 2.46. The van der Waals surface area contributed by atoms with Crippen LogP contribution in [0.25, 0.3) is 11.0 Å². The second-order valence-corrected chi connectivity index (χ2v) is 11.0. The first-order chi connectivity index (χ1) is 16.2. The van der Waals surface area contributed by atoms with Gasteiger partial charge in [0.2, 0.25) is 5.95 Å². The van der Waals surface area contributed by atoms with Crippen molar-refractivity contribution in [2.45, 2.75) is 85.8 Å². The maximum atomic E-state index is 5.98. The Morgan fingerprint density at radius 1 is 1.09 bits per heavy atom. The van der Waals surface area contributed by atoms with Crippen LogP contribution in [0.2, 0.25) is 0 Å². The van der Waals surface area contributed by atoms with Gasteiger partial charge in [0.1, 0.15) is 11.5 Å². The van der Waals surface area contributed by atoms with Crippen LogP contribution in [-0.2, 0) is 0 Å². The molecule has 0 amide bonds. The van der Waals surface area contributed by atoms with E-state index in [4.69, 9.17) is 14.5 Å². The van der Waals surface area contributed by atoms with Crippen LogP contribution >= 0.6 is 0 Å². The van der Waals surface area contributed by atoms with E-state index in [2.05, 4.69) is 67.9 Å². The number of benzene rings is 2.